The first-order valence-electron chi connectivity index (χ1n) is 30.5. The summed E-state index contributed by atoms with van der Waals surface area (Å²) in [5.74, 6) is 0. The summed E-state index contributed by atoms with van der Waals surface area (Å²) in [6.07, 6.45) is 0. The lowest BCUT2D eigenvalue weighted by Crippen LogP contribution is -2.63. The molecule has 0 aliphatic heterocycles. The van der Waals surface area contributed by atoms with Gasteiger partial charge in [-0.25, -0.2) is 0 Å². The normalized spacial score (nSPS) is 16.1. The van der Waals surface area contributed by atoms with Crippen LogP contribution in [0.4, 0.5) is 0 Å². The van der Waals surface area contributed by atoms with E-state index in [0.717, 1.165) is 0 Å². The van der Waals surface area contributed by atoms with Crippen LogP contribution >= 0.6 is 0 Å². The molecule has 0 aromatic rings. The van der Waals surface area contributed by atoms with Gasteiger partial charge in [0, 0.05) is 21.3 Å². The Hall–Kier alpha value is 3.63. The van der Waals surface area contributed by atoms with Gasteiger partial charge < -0.3 is 95.6 Å². The van der Waals surface area contributed by atoms with Crippen LogP contribution in [-0.4, -0.2) is 201 Å². The van der Waals surface area contributed by atoms with E-state index in [9.17, 15) is 0 Å². The maximum absolute atomic E-state index is 6.96. The highest BCUT2D eigenvalue weighted by Crippen LogP contribution is 2.35. The van der Waals surface area contributed by atoms with Crippen LogP contribution in [0.25, 0.3) is 0 Å². The van der Waals surface area contributed by atoms with Crippen LogP contribution < -0.4 is 0 Å². The van der Waals surface area contributed by atoms with E-state index in [1.165, 1.54) is 21.3 Å². The number of hydrogen-bond donors (Lipinski definition) is 0. The van der Waals surface area contributed by atoms with Crippen LogP contribution in [0.5, 0.6) is 0 Å². The molecule has 44 heteroatoms. The molecule has 0 radical (unpaired) electrons. The van der Waals surface area contributed by atoms with Crippen molar-refractivity contribution in [1.29, 1.82) is 0 Å². The van der Waals surface area contributed by atoms with Gasteiger partial charge in [-0.05, 0) is 268 Å². The second kappa shape index (κ2) is 31.3. The molecule has 0 aromatic heterocycles. The van der Waals surface area contributed by atoms with Gasteiger partial charge in [0.25, 0.3) is 0 Å². The fourth-order valence-electron chi connectivity index (χ4n) is 12.5. The topological polar surface area (TPSA) is 212 Å². The Morgan fingerprint density at radius 3 is 0.273 bits per heavy atom. The van der Waals surface area contributed by atoms with E-state index in [0.29, 0.717) is 0 Å². The van der Waals surface area contributed by atoms with Gasteiger partial charge in [-0.2, -0.15) is 0 Å². The third-order valence-electron chi connectivity index (χ3n) is 10.5. The Bertz CT molecular complexity index is 2180. The average Bonchev–Trinajstić information content (AvgIpc) is 3.06. The standard InChI is InChI=1S/C44H132O23Si21/c1-45-88(46-2,47-3)67-87(43,44)66-86(41,42)65-85(39,40)64-84(37,38)63-83(35,36)62-82(33,34)61-81(31,32)60-80(29,30)59-79(27,28)58-78(25,26)57-77(23,24)56-76(21,22)55-75(19,20)54-74(17,18)53-73(15,16)52-72(13,14)51-71(11,12)50-70(9,10)49-69(7,8)48-68(4,5)6/h1-44H3. The molecule has 0 aliphatic carbocycles. The van der Waals surface area contributed by atoms with Crippen molar-refractivity contribution < 1.29 is 95.6 Å². The maximum atomic E-state index is 6.96. The fourth-order valence-corrected chi connectivity index (χ4v) is 118. The molecular formula is C44H132O23Si21. The van der Waals surface area contributed by atoms with E-state index in [1.807, 2.05) is 131 Å². The molecule has 0 saturated heterocycles. The molecule has 0 saturated carbocycles. The largest absolute Gasteiger partial charge is 0.669 e. The molecule has 0 unspecified atom stereocenters. The van der Waals surface area contributed by atoms with E-state index in [-0.39, 0.29) is 0 Å². The Labute approximate surface area is 560 Å². The molecular weight excluding hydrogens is 1490 g/mol. The molecule has 88 heavy (non-hydrogen) atoms. The fraction of sp³-hybridized carbons (Fsp3) is 1.00. The van der Waals surface area contributed by atoms with Gasteiger partial charge in [-0.3, -0.25) is 0 Å². The smallest absolute Gasteiger partial charge is 0.437 e. The van der Waals surface area contributed by atoms with E-state index >= 15 is 0 Å². The Morgan fingerprint density at radius 2 is 0.193 bits per heavy atom. The molecule has 0 aliphatic rings. The van der Waals surface area contributed by atoms with Gasteiger partial charge in [-0.15, -0.1) is 0 Å². The molecule has 0 N–H and O–H groups in total. The highest BCUT2D eigenvalue weighted by Gasteiger charge is 2.56. The van der Waals surface area contributed by atoms with Gasteiger partial charge in [0.05, 0.1) is 0 Å². The van der Waals surface area contributed by atoms with Gasteiger partial charge in [0.15, 0.2) is 8.32 Å². The van der Waals surface area contributed by atoms with Crippen molar-refractivity contribution in [3.63, 3.8) is 0 Å². The summed E-state index contributed by atoms with van der Waals surface area (Å²) in [7, 11) is -54.0. The van der Waals surface area contributed by atoms with Crippen LogP contribution in [0.2, 0.25) is 268 Å². The zero-order chi connectivity index (χ0) is 70.8. The summed E-state index contributed by atoms with van der Waals surface area (Å²) < 4.78 is 153. The summed E-state index contributed by atoms with van der Waals surface area (Å²) in [5, 5.41) is 0. The van der Waals surface area contributed by atoms with Crippen LogP contribution in [0.1, 0.15) is 0 Å². The van der Waals surface area contributed by atoms with Crippen molar-refractivity contribution in [2.45, 2.75) is 268 Å². The molecule has 0 amide bonds. The Morgan fingerprint density at radius 1 is 0.114 bits per heavy atom. The lowest BCUT2D eigenvalue weighted by Gasteiger charge is -2.45. The van der Waals surface area contributed by atoms with Crippen molar-refractivity contribution in [3.8, 4) is 0 Å². The molecule has 0 atom stereocenters. The first kappa shape index (κ1) is 91.6. The molecule has 530 valence electrons. The van der Waals surface area contributed by atoms with Gasteiger partial charge in [-0.1, -0.05) is 0 Å². The van der Waals surface area contributed by atoms with Gasteiger partial charge in [0.1, 0.15) is 0 Å². The van der Waals surface area contributed by atoms with E-state index in [2.05, 4.69) is 137 Å². The zero-order valence-corrected chi connectivity index (χ0v) is 84.9. The predicted molar refractivity (Wildman–Crippen MR) is 404 cm³/mol. The lowest BCUT2D eigenvalue weighted by molar-refractivity contribution is 0.0403. The summed E-state index contributed by atoms with van der Waals surface area (Å²) >= 11 is 0. The minimum atomic E-state index is -3.36. The third kappa shape index (κ3) is 40.0. The van der Waals surface area contributed by atoms with Crippen LogP contribution in [0, 0.1) is 0 Å². The molecule has 0 rings (SSSR count). The molecule has 0 bridgehead atoms. The number of rotatable bonds is 43. The highest BCUT2D eigenvalue weighted by atomic mass is 28.6. The Balaban J connectivity index is 5.86. The first-order valence-corrected chi connectivity index (χ1v) is 89.1. The average molecular weight is 1620 g/mol. The summed E-state index contributed by atoms with van der Waals surface area (Å²) in [4.78, 5) is 0. The van der Waals surface area contributed by atoms with Crippen LogP contribution in [0.15, 0.2) is 0 Å². The third-order valence-corrected chi connectivity index (χ3v) is 90.2. The second-order valence-corrected chi connectivity index (χ2v) is 108. The van der Waals surface area contributed by atoms with Crippen molar-refractivity contribution >= 4 is 180 Å². The number of hydrogen-bond acceptors (Lipinski definition) is 23. The summed E-state index contributed by atoms with van der Waals surface area (Å²) in [6, 6.07) is 0. The maximum Gasteiger partial charge on any atom is 0.669 e. The molecule has 0 fully saturated rings. The van der Waals surface area contributed by atoms with Crippen molar-refractivity contribution in [2.75, 3.05) is 21.3 Å². The first-order chi connectivity index (χ1) is 37.8. The lowest BCUT2D eigenvalue weighted by atomic mass is 11.8. The van der Waals surface area contributed by atoms with Crippen LogP contribution in [0.3, 0.4) is 0 Å². The quantitative estimate of drug-likeness (QED) is 0.0519. The Kier molecular flexibility index (Phi) is 32.5. The van der Waals surface area contributed by atoms with E-state index in [4.69, 9.17) is 95.6 Å². The van der Waals surface area contributed by atoms with E-state index < -0.39 is 180 Å². The molecule has 0 aromatic carbocycles. The van der Waals surface area contributed by atoms with Crippen molar-refractivity contribution in [3.05, 3.63) is 0 Å². The molecule has 23 nitrogen and oxygen atoms in total. The van der Waals surface area contributed by atoms with Gasteiger partial charge >= 0.3 is 172 Å². The SMILES string of the molecule is CO[Si](OC)(OC)O[Si](C)(C)O[Si](C)(C)O[Si](C)(C)O[Si](C)(C)O[Si](C)(C)O[Si](C)(C)O[Si](C)(C)O[Si](C)(C)O[Si](C)(C)O[Si](C)(C)O[Si](C)(C)O[Si](C)(C)O[Si](C)(C)O[Si](C)(C)O[Si](C)(C)O[Si](C)(C)O[Si](C)(C)O[Si](C)(C)O[Si](C)(C)O[Si](C)(C)C. The summed E-state index contributed by atoms with van der Waals surface area (Å²) in [5.41, 5.74) is 0. The zero-order valence-electron chi connectivity index (χ0n) is 63.9. The minimum Gasteiger partial charge on any atom is -0.437 e. The predicted octanol–water partition coefficient (Wildman–Crippen LogP) is 14.9. The van der Waals surface area contributed by atoms with Gasteiger partial charge in [0.2, 0.25) is 0 Å². The second-order valence-electron chi connectivity index (χ2n) is 31.9. The van der Waals surface area contributed by atoms with Crippen molar-refractivity contribution in [2.24, 2.45) is 0 Å². The summed E-state index contributed by atoms with van der Waals surface area (Å²) in [6.45, 7) is 84.2. The van der Waals surface area contributed by atoms with Crippen molar-refractivity contribution in [1.82, 2.24) is 0 Å². The highest BCUT2D eigenvalue weighted by molar-refractivity contribution is 6.96. The van der Waals surface area contributed by atoms with Crippen LogP contribution in [-0.2, 0) is 95.6 Å². The van der Waals surface area contributed by atoms with E-state index in [1.54, 1.807) is 0 Å². The molecule has 0 heterocycles. The monoisotopic (exact) mass is 1620 g/mol. The minimum absolute atomic E-state index is 1.50. The molecule has 0 spiro atoms.